The number of aromatic nitrogens is 3. The summed E-state index contributed by atoms with van der Waals surface area (Å²) >= 11 is 1.29. The van der Waals surface area contributed by atoms with Crippen LogP contribution >= 0.6 is 11.3 Å². The maximum Gasteiger partial charge on any atom is 0.231 e. The van der Waals surface area contributed by atoms with E-state index in [1.54, 1.807) is 10.4 Å². The summed E-state index contributed by atoms with van der Waals surface area (Å²) in [6.45, 7) is 1.15. The number of amides is 2. The molecule has 0 saturated carbocycles. The van der Waals surface area contributed by atoms with Crippen molar-refractivity contribution in [2.75, 3.05) is 18.4 Å². The van der Waals surface area contributed by atoms with Crippen molar-refractivity contribution in [1.29, 1.82) is 0 Å². The molecule has 1 atom stereocenters. The van der Waals surface area contributed by atoms with Crippen LogP contribution in [0.25, 0.3) is 10.9 Å². The molecule has 8 heteroatoms. The molecule has 0 spiro atoms. The number of nitrogens with one attached hydrogen (secondary N) is 2. The molecular weight excluding hydrogens is 350 g/mol. The molecule has 1 aromatic carbocycles. The summed E-state index contributed by atoms with van der Waals surface area (Å²) < 4.78 is 0. The molecule has 3 heterocycles. The standard InChI is InChI=1S/C18H19N5O2S/c24-16(8-13-9-19-15-6-2-1-5-14(13)15)23-7-3-4-12(10-23)17(25)21-18-22-20-11-26-18/h1-2,5-6,9,11-12,19H,3-4,7-8,10H2,(H,21,22,25)/t12-/m0/s1. The van der Waals surface area contributed by atoms with Crippen LogP contribution in [0.15, 0.2) is 36.0 Å². The van der Waals surface area contributed by atoms with Gasteiger partial charge in [0.15, 0.2) is 0 Å². The first-order chi connectivity index (χ1) is 12.7. The molecule has 2 amide bonds. The van der Waals surface area contributed by atoms with Gasteiger partial charge in [-0.05, 0) is 24.5 Å². The number of carbonyl (C=O) groups is 2. The van der Waals surface area contributed by atoms with Gasteiger partial charge >= 0.3 is 0 Å². The number of H-pyrrole nitrogens is 1. The van der Waals surface area contributed by atoms with Gasteiger partial charge in [0.05, 0.1) is 12.3 Å². The van der Waals surface area contributed by atoms with Crippen LogP contribution in [0.3, 0.4) is 0 Å². The van der Waals surface area contributed by atoms with Crippen LogP contribution in [0.4, 0.5) is 5.13 Å². The van der Waals surface area contributed by atoms with Gasteiger partial charge in [0.25, 0.3) is 0 Å². The van der Waals surface area contributed by atoms with E-state index in [4.69, 9.17) is 0 Å². The third kappa shape index (κ3) is 3.45. The summed E-state index contributed by atoms with van der Waals surface area (Å²) in [6.07, 6.45) is 3.84. The largest absolute Gasteiger partial charge is 0.361 e. The lowest BCUT2D eigenvalue weighted by atomic mass is 9.96. The number of hydrogen-bond donors (Lipinski definition) is 2. The number of benzene rings is 1. The maximum absolute atomic E-state index is 12.8. The highest BCUT2D eigenvalue weighted by Gasteiger charge is 2.29. The molecule has 4 rings (SSSR count). The second-order valence-electron chi connectivity index (χ2n) is 6.45. The Morgan fingerprint density at radius 2 is 2.23 bits per heavy atom. The number of fused-ring (bicyclic) bond motifs is 1. The number of aromatic amines is 1. The van der Waals surface area contributed by atoms with E-state index >= 15 is 0 Å². The van der Waals surface area contributed by atoms with E-state index in [1.165, 1.54) is 11.3 Å². The molecule has 1 fully saturated rings. The number of rotatable bonds is 4. The molecule has 7 nitrogen and oxygen atoms in total. The molecule has 0 aliphatic carbocycles. The maximum atomic E-state index is 12.8. The topological polar surface area (TPSA) is 91.0 Å². The van der Waals surface area contributed by atoms with E-state index < -0.39 is 0 Å². The molecule has 2 N–H and O–H groups in total. The molecule has 1 saturated heterocycles. The van der Waals surface area contributed by atoms with Crippen LogP contribution in [0.1, 0.15) is 18.4 Å². The molecule has 3 aromatic rings. The Labute approximate surface area is 154 Å². The van der Waals surface area contributed by atoms with Crippen molar-refractivity contribution in [2.45, 2.75) is 19.3 Å². The molecule has 2 aromatic heterocycles. The predicted molar refractivity (Wildman–Crippen MR) is 99.8 cm³/mol. The molecule has 1 aliphatic rings. The second kappa shape index (κ2) is 7.25. The van der Waals surface area contributed by atoms with Crippen LogP contribution in [0.2, 0.25) is 0 Å². The first-order valence-corrected chi connectivity index (χ1v) is 9.48. The van der Waals surface area contributed by atoms with Crippen LogP contribution in [-0.2, 0) is 16.0 Å². The van der Waals surface area contributed by atoms with Gasteiger partial charge in [-0.1, -0.05) is 29.5 Å². The van der Waals surface area contributed by atoms with Crippen LogP contribution in [0, 0.1) is 5.92 Å². The predicted octanol–water partition coefficient (Wildman–Crippen LogP) is 2.44. The summed E-state index contributed by atoms with van der Waals surface area (Å²) in [6, 6.07) is 7.95. The van der Waals surface area contributed by atoms with Gasteiger partial charge in [0.1, 0.15) is 5.51 Å². The van der Waals surface area contributed by atoms with Crippen LogP contribution < -0.4 is 5.32 Å². The molecule has 0 radical (unpaired) electrons. The number of piperidine rings is 1. The summed E-state index contributed by atoms with van der Waals surface area (Å²) in [7, 11) is 0. The fourth-order valence-corrected chi connectivity index (χ4v) is 3.85. The smallest absolute Gasteiger partial charge is 0.231 e. The third-order valence-electron chi connectivity index (χ3n) is 4.75. The lowest BCUT2D eigenvalue weighted by Crippen LogP contribution is -2.44. The van der Waals surface area contributed by atoms with Gasteiger partial charge in [0.2, 0.25) is 16.9 Å². The van der Waals surface area contributed by atoms with E-state index in [2.05, 4.69) is 20.5 Å². The summed E-state index contributed by atoms with van der Waals surface area (Å²) in [5.74, 6) is -0.242. The third-order valence-corrected chi connectivity index (χ3v) is 5.36. The van der Waals surface area contributed by atoms with Gasteiger partial charge in [-0.15, -0.1) is 10.2 Å². The van der Waals surface area contributed by atoms with E-state index in [1.807, 2.05) is 30.5 Å². The van der Waals surface area contributed by atoms with E-state index in [9.17, 15) is 9.59 Å². The summed E-state index contributed by atoms with van der Waals surface area (Å²) in [5.41, 5.74) is 3.60. The normalized spacial score (nSPS) is 17.4. The minimum Gasteiger partial charge on any atom is -0.361 e. The Kier molecular flexibility index (Phi) is 4.66. The van der Waals surface area contributed by atoms with Crippen molar-refractivity contribution in [3.05, 3.63) is 41.5 Å². The molecule has 0 unspecified atom stereocenters. The fourth-order valence-electron chi connectivity index (χ4n) is 3.41. The zero-order valence-corrected chi connectivity index (χ0v) is 15.0. The zero-order chi connectivity index (χ0) is 17.9. The lowest BCUT2D eigenvalue weighted by molar-refractivity contribution is -0.133. The highest BCUT2D eigenvalue weighted by Crippen LogP contribution is 2.22. The first kappa shape index (κ1) is 16.7. The number of hydrogen-bond acceptors (Lipinski definition) is 5. The summed E-state index contributed by atoms with van der Waals surface area (Å²) in [5, 5.41) is 11.9. The van der Waals surface area contributed by atoms with Crippen molar-refractivity contribution in [3.8, 4) is 0 Å². The SMILES string of the molecule is O=C(Nc1nncs1)[C@H]1CCCN(C(=O)Cc2c[nH]c3ccccc23)C1. The molecule has 26 heavy (non-hydrogen) atoms. The number of likely N-dealkylation sites (tertiary alicyclic amines) is 1. The van der Waals surface area contributed by atoms with Gasteiger partial charge in [-0.3, -0.25) is 9.59 Å². The molecule has 0 bridgehead atoms. The van der Waals surface area contributed by atoms with Gasteiger partial charge in [0, 0.05) is 30.2 Å². The Hall–Kier alpha value is -2.74. The Morgan fingerprint density at radius 1 is 1.35 bits per heavy atom. The average molecular weight is 369 g/mol. The van der Waals surface area contributed by atoms with Crippen molar-refractivity contribution < 1.29 is 9.59 Å². The quantitative estimate of drug-likeness (QED) is 0.739. The Bertz CT molecular complexity index is 921. The van der Waals surface area contributed by atoms with E-state index in [0.717, 1.165) is 29.3 Å². The number of para-hydroxylation sites is 1. The number of nitrogens with zero attached hydrogens (tertiary/aromatic N) is 3. The van der Waals surface area contributed by atoms with Crippen molar-refractivity contribution >= 4 is 39.2 Å². The Morgan fingerprint density at radius 3 is 3.08 bits per heavy atom. The van der Waals surface area contributed by atoms with Crippen LogP contribution in [0.5, 0.6) is 0 Å². The van der Waals surface area contributed by atoms with Gasteiger partial charge < -0.3 is 15.2 Å². The molecular formula is C18H19N5O2S. The van der Waals surface area contributed by atoms with Crippen LogP contribution in [-0.4, -0.2) is 45.0 Å². The van der Waals surface area contributed by atoms with E-state index in [0.29, 0.717) is 24.6 Å². The molecule has 134 valence electrons. The molecule has 1 aliphatic heterocycles. The second-order valence-corrected chi connectivity index (χ2v) is 7.28. The summed E-state index contributed by atoms with van der Waals surface area (Å²) in [4.78, 5) is 30.2. The Balaban J connectivity index is 1.40. The van der Waals surface area contributed by atoms with E-state index in [-0.39, 0.29) is 17.7 Å². The van der Waals surface area contributed by atoms with Gasteiger partial charge in [-0.2, -0.15) is 0 Å². The van der Waals surface area contributed by atoms with Crippen molar-refractivity contribution in [3.63, 3.8) is 0 Å². The fraction of sp³-hybridized carbons (Fsp3) is 0.333. The van der Waals surface area contributed by atoms with Crippen molar-refractivity contribution in [2.24, 2.45) is 5.92 Å². The monoisotopic (exact) mass is 369 g/mol. The van der Waals surface area contributed by atoms with Gasteiger partial charge in [-0.25, -0.2) is 0 Å². The van der Waals surface area contributed by atoms with Crippen molar-refractivity contribution in [1.82, 2.24) is 20.1 Å². The lowest BCUT2D eigenvalue weighted by Gasteiger charge is -2.32. The number of carbonyl (C=O) groups excluding carboxylic acids is 2. The minimum absolute atomic E-state index is 0.0585. The average Bonchev–Trinajstić information content (AvgIpc) is 3.32. The highest BCUT2D eigenvalue weighted by molar-refractivity contribution is 7.13. The minimum atomic E-state index is -0.209. The highest BCUT2D eigenvalue weighted by atomic mass is 32.1. The number of anilines is 1. The first-order valence-electron chi connectivity index (χ1n) is 8.60. The zero-order valence-electron chi connectivity index (χ0n) is 14.1.